The smallest absolute Gasteiger partial charge is 0.127 e. The van der Waals surface area contributed by atoms with Gasteiger partial charge in [0, 0.05) is 23.5 Å². The molecule has 0 saturated heterocycles. The number of aryl methyl sites for hydroxylation is 1. The Bertz CT molecular complexity index is 531. The van der Waals surface area contributed by atoms with Crippen molar-refractivity contribution in [1.29, 1.82) is 0 Å². The van der Waals surface area contributed by atoms with Crippen LogP contribution in [-0.2, 0) is 12.8 Å². The van der Waals surface area contributed by atoms with Crippen LogP contribution in [0, 0.1) is 5.82 Å². The fraction of sp³-hybridized carbons (Fsp3) is 0.267. The van der Waals surface area contributed by atoms with Crippen molar-refractivity contribution in [3.63, 3.8) is 0 Å². The number of hydrogen-bond donors (Lipinski definition) is 1. The van der Waals surface area contributed by atoms with Crippen LogP contribution in [0.5, 0.6) is 0 Å². The molecule has 0 saturated carbocycles. The number of nitrogens with two attached hydrogens (primary N) is 1. The van der Waals surface area contributed by atoms with Gasteiger partial charge in [-0.25, -0.2) is 4.39 Å². The molecule has 0 aliphatic heterocycles. The van der Waals surface area contributed by atoms with Gasteiger partial charge in [-0.05, 0) is 54.7 Å². The molecule has 0 bridgehead atoms. The number of hydrogen-bond acceptors (Lipinski definition) is 2. The maximum absolute atomic E-state index is 13.6. The van der Waals surface area contributed by atoms with Crippen LogP contribution in [0.4, 0.5) is 4.39 Å². The van der Waals surface area contributed by atoms with Crippen LogP contribution in [0.1, 0.15) is 17.5 Å². The van der Waals surface area contributed by atoms with Gasteiger partial charge in [0.25, 0.3) is 0 Å². The molecule has 1 aromatic carbocycles. The van der Waals surface area contributed by atoms with E-state index in [0.29, 0.717) is 17.0 Å². The van der Waals surface area contributed by atoms with Crippen molar-refractivity contribution in [2.24, 2.45) is 5.73 Å². The Morgan fingerprint density at radius 1 is 1.21 bits per heavy atom. The third kappa shape index (κ3) is 4.30. The predicted molar refractivity (Wildman–Crippen MR) is 75.6 cm³/mol. The van der Waals surface area contributed by atoms with Crippen LogP contribution in [0.25, 0.3) is 0 Å². The summed E-state index contributed by atoms with van der Waals surface area (Å²) in [4.78, 5) is 3.97. The molecule has 1 unspecified atom stereocenters. The first-order valence-corrected chi connectivity index (χ1v) is 6.61. The first kappa shape index (κ1) is 14.0. The summed E-state index contributed by atoms with van der Waals surface area (Å²) in [6.45, 7) is 0. The normalized spacial score (nSPS) is 12.4. The highest BCUT2D eigenvalue weighted by molar-refractivity contribution is 6.30. The zero-order valence-electron chi connectivity index (χ0n) is 10.5. The zero-order valence-corrected chi connectivity index (χ0v) is 11.3. The number of pyridine rings is 1. The molecule has 0 radical (unpaired) electrons. The van der Waals surface area contributed by atoms with E-state index >= 15 is 0 Å². The van der Waals surface area contributed by atoms with Crippen LogP contribution in [-0.4, -0.2) is 11.0 Å². The van der Waals surface area contributed by atoms with E-state index in [1.165, 1.54) is 11.6 Å². The number of halogens is 2. The van der Waals surface area contributed by atoms with E-state index in [2.05, 4.69) is 4.98 Å². The molecule has 2 rings (SSSR count). The lowest BCUT2D eigenvalue weighted by molar-refractivity contribution is 0.566. The highest BCUT2D eigenvalue weighted by atomic mass is 35.5. The molecule has 0 amide bonds. The Morgan fingerprint density at radius 2 is 1.95 bits per heavy atom. The van der Waals surface area contributed by atoms with Crippen molar-refractivity contribution in [1.82, 2.24) is 4.98 Å². The Balaban J connectivity index is 1.89. The van der Waals surface area contributed by atoms with Gasteiger partial charge in [0.1, 0.15) is 5.82 Å². The fourth-order valence-electron chi connectivity index (χ4n) is 1.97. The van der Waals surface area contributed by atoms with Gasteiger partial charge >= 0.3 is 0 Å². The lowest BCUT2D eigenvalue weighted by Crippen LogP contribution is -2.24. The molecule has 0 fully saturated rings. The molecule has 100 valence electrons. The van der Waals surface area contributed by atoms with Gasteiger partial charge in [0.05, 0.1) is 0 Å². The molecule has 2 N–H and O–H groups in total. The molecular weight excluding hydrogens is 263 g/mol. The Kier molecular flexibility index (Phi) is 4.88. The van der Waals surface area contributed by atoms with E-state index in [4.69, 9.17) is 17.3 Å². The van der Waals surface area contributed by atoms with Crippen LogP contribution < -0.4 is 5.73 Å². The maximum atomic E-state index is 13.6. The Morgan fingerprint density at radius 3 is 2.63 bits per heavy atom. The molecule has 2 aromatic rings. The predicted octanol–water partition coefficient (Wildman–Crippen LogP) is 3.38. The van der Waals surface area contributed by atoms with Gasteiger partial charge < -0.3 is 5.73 Å². The van der Waals surface area contributed by atoms with E-state index in [1.807, 2.05) is 12.1 Å². The third-order valence-electron chi connectivity index (χ3n) is 3.05. The summed E-state index contributed by atoms with van der Waals surface area (Å²) in [6, 6.07) is 8.58. The Labute approximate surface area is 117 Å². The van der Waals surface area contributed by atoms with Crippen molar-refractivity contribution in [3.8, 4) is 0 Å². The molecule has 1 heterocycles. The highest BCUT2D eigenvalue weighted by Crippen LogP contribution is 2.16. The first-order valence-electron chi connectivity index (χ1n) is 6.23. The summed E-state index contributed by atoms with van der Waals surface area (Å²) in [5.74, 6) is -0.285. The summed E-state index contributed by atoms with van der Waals surface area (Å²) in [5, 5.41) is 0.409. The summed E-state index contributed by atoms with van der Waals surface area (Å²) in [5.41, 5.74) is 7.86. The molecule has 1 aromatic heterocycles. The number of aromatic nitrogens is 1. The first-order chi connectivity index (χ1) is 9.15. The molecular formula is C15H16ClFN2. The second-order valence-electron chi connectivity index (χ2n) is 4.59. The van der Waals surface area contributed by atoms with E-state index in [-0.39, 0.29) is 11.9 Å². The van der Waals surface area contributed by atoms with Crippen LogP contribution in [0.2, 0.25) is 5.02 Å². The SMILES string of the molecule is NC(CCc1ccncc1)Cc1ccc(Cl)cc1F. The van der Waals surface area contributed by atoms with Crippen molar-refractivity contribution in [2.45, 2.75) is 25.3 Å². The second-order valence-corrected chi connectivity index (χ2v) is 5.03. The van der Waals surface area contributed by atoms with E-state index in [9.17, 15) is 4.39 Å². The quantitative estimate of drug-likeness (QED) is 0.911. The standard InChI is InChI=1S/C15H16ClFN2/c16-13-3-2-12(15(17)10-13)9-14(18)4-1-11-5-7-19-8-6-11/h2-3,5-8,10,14H,1,4,9,18H2. The second kappa shape index (κ2) is 6.64. The minimum absolute atomic E-state index is 0.0659. The minimum Gasteiger partial charge on any atom is -0.327 e. The van der Waals surface area contributed by atoms with Crippen molar-refractivity contribution >= 4 is 11.6 Å². The van der Waals surface area contributed by atoms with Gasteiger partial charge in [-0.15, -0.1) is 0 Å². The minimum atomic E-state index is -0.285. The van der Waals surface area contributed by atoms with Crippen LogP contribution in [0.3, 0.4) is 0 Å². The van der Waals surface area contributed by atoms with Crippen LogP contribution >= 0.6 is 11.6 Å². The van der Waals surface area contributed by atoms with Gasteiger partial charge in [-0.3, -0.25) is 4.98 Å². The Hall–Kier alpha value is -1.45. The zero-order chi connectivity index (χ0) is 13.7. The summed E-state index contributed by atoms with van der Waals surface area (Å²) in [7, 11) is 0. The highest BCUT2D eigenvalue weighted by Gasteiger charge is 2.09. The topological polar surface area (TPSA) is 38.9 Å². The molecule has 0 spiro atoms. The van der Waals surface area contributed by atoms with E-state index in [0.717, 1.165) is 12.8 Å². The molecule has 19 heavy (non-hydrogen) atoms. The van der Waals surface area contributed by atoms with Gasteiger partial charge in [-0.1, -0.05) is 17.7 Å². The lowest BCUT2D eigenvalue weighted by atomic mass is 10.00. The summed E-state index contributed by atoms with van der Waals surface area (Å²) < 4.78 is 13.6. The molecule has 1 atom stereocenters. The lowest BCUT2D eigenvalue weighted by Gasteiger charge is -2.12. The molecule has 0 aliphatic carbocycles. The van der Waals surface area contributed by atoms with Crippen molar-refractivity contribution in [3.05, 3.63) is 64.7 Å². The third-order valence-corrected chi connectivity index (χ3v) is 3.29. The average molecular weight is 279 g/mol. The van der Waals surface area contributed by atoms with Gasteiger partial charge in [0.15, 0.2) is 0 Å². The van der Waals surface area contributed by atoms with Gasteiger partial charge in [0.2, 0.25) is 0 Å². The number of nitrogens with zero attached hydrogens (tertiary/aromatic N) is 1. The van der Waals surface area contributed by atoms with Crippen LogP contribution in [0.15, 0.2) is 42.7 Å². The largest absolute Gasteiger partial charge is 0.327 e. The molecule has 2 nitrogen and oxygen atoms in total. The summed E-state index contributed by atoms with van der Waals surface area (Å²) >= 11 is 5.72. The monoisotopic (exact) mass is 278 g/mol. The number of rotatable bonds is 5. The van der Waals surface area contributed by atoms with Crippen molar-refractivity contribution in [2.75, 3.05) is 0 Å². The number of benzene rings is 1. The van der Waals surface area contributed by atoms with E-state index in [1.54, 1.807) is 24.5 Å². The maximum Gasteiger partial charge on any atom is 0.127 e. The van der Waals surface area contributed by atoms with E-state index < -0.39 is 0 Å². The van der Waals surface area contributed by atoms with Gasteiger partial charge in [-0.2, -0.15) is 0 Å². The summed E-state index contributed by atoms with van der Waals surface area (Å²) in [6.07, 6.45) is 5.73. The van der Waals surface area contributed by atoms with Crippen molar-refractivity contribution < 1.29 is 4.39 Å². The molecule has 4 heteroatoms. The fourth-order valence-corrected chi connectivity index (χ4v) is 2.13. The average Bonchev–Trinajstić information content (AvgIpc) is 2.41. The molecule has 0 aliphatic rings.